The lowest BCUT2D eigenvalue weighted by atomic mass is 9.94. The average Bonchev–Trinajstić information content (AvgIpc) is 2.40. The third kappa shape index (κ3) is 3.25. The molecule has 1 aromatic heterocycles. The summed E-state index contributed by atoms with van der Waals surface area (Å²) < 4.78 is 0. The predicted molar refractivity (Wildman–Crippen MR) is 75.3 cm³/mol. The molecule has 0 aliphatic rings. The van der Waals surface area contributed by atoms with Crippen molar-refractivity contribution in [2.24, 2.45) is 0 Å². The molecule has 0 unspecified atom stereocenters. The zero-order chi connectivity index (χ0) is 13.8. The highest BCUT2D eigenvalue weighted by Gasteiger charge is 2.12. The van der Waals surface area contributed by atoms with Crippen molar-refractivity contribution in [3.63, 3.8) is 0 Å². The molecule has 0 fully saturated rings. The van der Waals surface area contributed by atoms with Crippen molar-refractivity contribution in [3.8, 4) is 0 Å². The molecule has 1 heterocycles. The first-order valence-electron chi connectivity index (χ1n) is 6.48. The number of rotatable bonds is 4. The monoisotopic (exact) mass is 254 g/mol. The molecule has 98 valence electrons. The molecule has 0 aliphatic heterocycles. The number of hydrogen-bond donors (Lipinski definition) is 0. The normalized spacial score (nSPS) is 10.7. The lowest BCUT2D eigenvalue weighted by Gasteiger charge is -2.10. The molecule has 0 saturated carbocycles. The van der Waals surface area contributed by atoms with Crippen molar-refractivity contribution in [1.82, 2.24) is 10.2 Å². The Labute approximate surface area is 113 Å². The van der Waals surface area contributed by atoms with Crippen LogP contribution in [0.2, 0.25) is 0 Å². The van der Waals surface area contributed by atoms with Crippen LogP contribution in [0.3, 0.4) is 0 Å². The molecule has 0 bridgehead atoms. The van der Waals surface area contributed by atoms with Gasteiger partial charge in [0.15, 0.2) is 5.78 Å². The van der Waals surface area contributed by atoms with Crippen LogP contribution < -0.4 is 0 Å². The van der Waals surface area contributed by atoms with E-state index in [1.165, 1.54) is 5.56 Å². The summed E-state index contributed by atoms with van der Waals surface area (Å²) in [6, 6.07) is 9.72. The van der Waals surface area contributed by atoms with Crippen molar-refractivity contribution in [2.75, 3.05) is 0 Å². The van der Waals surface area contributed by atoms with Gasteiger partial charge in [0.2, 0.25) is 0 Å². The molecule has 0 atom stereocenters. The SMILES string of the molecule is Cc1ccc(C(C)C)cc1C(=O)Cc1cccnn1. The van der Waals surface area contributed by atoms with Crippen molar-refractivity contribution in [1.29, 1.82) is 0 Å². The lowest BCUT2D eigenvalue weighted by Crippen LogP contribution is -2.08. The molecule has 2 aromatic rings. The first-order valence-corrected chi connectivity index (χ1v) is 6.48. The quantitative estimate of drug-likeness (QED) is 0.786. The van der Waals surface area contributed by atoms with Gasteiger partial charge in [-0.25, -0.2) is 0 Å². The fraction of sp³-hybridized carbons (Fsp3) is 0.312. The van der Waals surface area contributed by atoms with Crippen LogP contribution in [0.25, 0.3) is 0 Å². The second kappa shape index (κ2) is 5.74. The van der Waals surface area contributed by atoms with E-state index in [9.17, 15) is 4.79 Å². The highest BCUT2D eigenvalue weighted by atomic mass is 16.1. The van der Waals surface area contributed by atoms with E-state index in [2.05, 4.69) is 30.1 Å². The Morgan fingerprint density at radius 2 is 2.05 bits per heavy atom. The minimum Gasteiger partial charge on any atom is -0.294 e. The largest absolute Gasteiger partial charge is 0.294 e. The maximum atomic E-state index is 12.3. The summed E-state index contributed by atoms with van der Waals surface area (Å²) in [6.07, 6.45) is 1.91. The smallest absolute Gasteiger partial charge is 0.169 e. The molecule has 1 aromatic carbocycles. The molecule has 2 rings (SSSR count). The summed E-state index contributed by atoms with van der Waals surface area (Å²) in [7, 11) is 0. The van der Waals surface area contributed by atoms with E-state index >= 15 is 0 Å². The molecule has 0 aliphatic carbocycles. The first-order chi connectivity index (χ1) is 9.08. The van der Waals surface area contributed by atoms with Gasteiger partial charge in [-0.2, -0.15) is 10.2 Å². The minimum absolute atomic E-state index is 0.0977. The van der Waals surface area contributed by atoms with Gasteiger partial charge in [-0.1, -0.05) is 26.0 Å². The highest BCUT2D eigenvalue weighted by Crippen LogP contribution is 2.19. The van der Waals surface area contributed by atoms with E-state index in [0.29, 0.717) is 18.0 Å². The van der Waals surface area contributed by atoms with Crippen LogP contribution >= 0.6 is 0 Å². The zero-order valence-electron chi connectivity index (χ0n) is 11.6. The van der Waals surface area contributed by atoms with Gasteiger partial charge in [0.05, 0.1) is 12.1 Å². The molecule has 0 N–H and O–H groups in total. The number of benzene rings is 1. The van der Waals surface area contributed by atoms with Crippen LogP contribution in [0.1, 0.15) is 46.9 Å². The van der Waals surface area contributed by atoms with Crippen LogP contribution in [0.15, 0.2) is 36.5 Å². The molecule has 19 heavy (non-hydrogen) atoms. The molecule has 0 saturated heterocycles. The maximum absolute atomic E-state index is 12.3. The third-order valence-corrected chi connectivity index (χ3v) is 3.20. The third-order valence-electron chi connectivity index (χ3n) is 3.20. The van der Waals surface area contributed by atoms with Crippen molar-refractivity contribution < 1.29 is 4.79 Å². The number of ketones is 1. The minimum atomic E-state index is 0.0977. The molecule has 3 nitrogen and oxygen atoms in total. The Bertz CT molecular complexity index is 577. The number of aromatic nitrogens is 2. The molecular weight excluding hydrogens is 236 g/mol. The van der Waals surface area contributed by atoms with Crippen LogP contribution in [-0.4, -0.2) is 16.0 Å². The summed E-state index contributed by atoms with van der Waals surface area (Å²) in [5.74, 6) is 0.518. The molecule has 0 spiro atoms. The second-order valence-corrected chi connectivity index (χ2v) is 5.04. The first kappa shape index (κ1) is 13.4. The van der Waals surface area contributed by atoms with E-state index in [4.69, 9.17) is 0 Å². The van der Waals surface area contributed by atoms with Crippen molar-refractivity contribution >= 4 is 5.78 Å². The number of carbonyl (C=O) groups excluding carboxylic acids is 1. The van der Waals surface area contributed by atoms with E-state index in [0.717, 1.165) is 11.1 Å². The standard InChI is InChI=1S/C16H18N2O/c1-11(2)13-7-6-12(3)15(9-13)16(19)10-14-5-4-8-17-18-14/h4-9,11H,10H2,1-3H3. The van der Waals surface area contributed by atoms with Gasteiger partial charge in [0.25, 0.3) is 0 Å². The van der Waals surface area contributed by atoms with E-state index < -0.39 is 0 Å². The lowest BCUT2D eigenvalue weighted by molar-refractivity contribution is 0.0991. The topological polar surface area (TPSA) is 42.9 Å². The summed E-state index contributed by atoms with van der Waals surface area (Å²) in [4.78, 5) is 12.3. The van der Waals surface area contributed by atoms with Gasteiger partial charge >= 0.3 is 0 Å². The van der Waals surface area contributed by atoms with Gasteiger partial charge in [0.1, 0.15) is 0 Å². The zero-order valence-corrected chi connectivity index (χ0v) is 11.6. The van der Waals surface area contributed by atoms with Gasteiger partial charge in [0, 0.05) is 11.8 Å². The van der Waals surface area contributed by atoms with E-state index in [1.807, 2.05) is 25.1 Å². The van der Waals surface area contributed by atoms with Crippen LogP contribution in [0.5, 0.6) is 0 Å². The van der Waals surface area contributed by atoms with Crippen LogP contribution in [0.4, 0.5) is 0 Å². The Kier molecular flexibility index (Phi) is 4.05. The molecule has 0 amide bonds. The summed E-state index contributed by atoms with van der Waals surface area (Å²) in [6.45, 7) is 6.22. The Hall–Kier alpha value is -2.03. The van der Waals surface area contributed by atoms with Gasteiger partial charge in [-0.15, -0.1) is 0 Å². The van der Waals surface area contributed by atoms with E-state index in [1.54, 1.807) is 12.3 Å². The van der Waals surface area contributed by atoms with Gasteiger partial charge in [-0.3, -0.25) is 4.79 Å². The second-order valence-electron chi connectivity index (χ2n) is 5.04. The van der Waals surface area contributed by atoms with Gasteiger partial charge < -0.3 is 0 Å². The Morgan fingerprint density at radius 1 is 1.26 bits per heavy atom. The summed E-state index contributed by atoms with van der Waals surface area (Å²) in [5, 5.41) is 7.76. The van der Waals surface area contributed by atoms with E-state index in [-0.39, 0.29) is 5.78 Å². The number of Topliss-reactive ketones (excluding diaryl/α,β-unsaturated/α-hetero) is 1. The fourth-order valence-electron chi connectivity index (χ4n) is 1.99. The number of aryl methyl sites for hydroxylation is 1. The fourth-order valence-corrected chi connectivity index (χ4v) is 1.99. The maximum Gasteiger partial charge on any atom is 0.169 e. The van der Waals surface area contributed by atoms with Crippen molar-refractivity contribution in [3.05, 3.63) is 58.9 Å². The molecular formula is C16H18N2O. The summed E-state index contributed by atoms with van der Waals surface area (Å²) in [5.41, 5.74) is 3.70. The van der Waals surface area contributed by atoms with Crippen LogP contribution in [0, 0.1) is 6.92 Å². The van der Waals surface area contributed by atoms with Crippen molar-refractivity contribution in [2.45, 2.75) is 33.1 Å². The number of nitrogens with zero attached hydrogens (tertiary/aromatic N) is 2. The number of hydrogen-bond acceptors (Lipinski definition) is 3. The summed E-state index contributed by atoms with van der Waals surface area (Å²) >= 11 is 0. The Balaban J connectivity index is 2.26. The highest BCUT2D eigenvalue weighted by molar-refractivity contribution is 5.98. The van der Waals surface area contributed by atoms with Gasteiger partial charge in [-0.05, 0) is 42.2 Å². The molecule has 3 heteroatoms. The Morgan fingerprint density at radius 3 is 2.68 bits per heavy atom. The molecule has 0 radical (unpaired) electrons. The predicted octanol–water partition coefficient (Wildman–Crippen LogP) is 3.33. The number of carbonyl (C=O) groups is 1. The average molecular weight is 254 g/mol. The van der Waals surface area contributed by atoms with Crippen LogP contribution in [-0.2, 0) is 6.42 Å².